The van der Waals surface area contributed by atoms with Crippen molar-refractivity contribution in [3.05, 3.63) is 64.0 Å². The Morgan fingerprint density at radius 3 is 2.29 bits per heavy atom. The molecular formula is C17H15FN2O. The monoisotopic (exact) mass is 282 g/mol. The summed E-state index contributed by atoms with van der Waals surface area (Å²) in [6.45, 7) is 5.77. The number of carbonyl (C=O) groups is 1. The van der Waals surface area contributed by atoms with Gasteiger partial charge in [-0.05, 0) is 50.1 Å². The van der Waals surface area contributed by atoms with Crippen molar-refractivity contribution < 1.29 is 9.18 Å². The van der Waals surface area contributed by atoms with Gasteiger partial charge in [0.15, 0.2) is 0 Å². The molecule has 4 heteroatoms. The van der Waals surface area contributed by atoms with Gasteiger partial charge in [-0.15, -0.1) is 0 Å². The summed E-state index contributed by atoms with van der Waals surface area (Å²) in [5, 5.41) is 11.4. The van der Waals surface area contributed by atoms with E-state index in [4.69, 9.17) is 5.26 Å². The first kappa shape index (κ1) is 14.7. The predicted molar refractivity (Wildman–Crippen MR) is 79.7 cm³/mol. The van der Waals surface area contributed by atoms with Gasteiger partial charge in [0.2, 0.25) is 0 Å². The lowest BCUT2D eigenvalue weighted by Gasteiger charge is -2.13. The fraction of sp³-hybridized carbons (Fsp3) is 0.176. The summed E-state index contributed by atoms with van der Waals surface area (Å²) in [6.07, 6.45) is 0. The quantitative estimate of drug-likeness (QED) is 0.909. The molecule has 0 saturated heterocycles. The largest absolute Gasteiger partial charge is 0.321 e. The Kier molecular flexibility index (Phi) is 4.04. The molecule has 0 spiro atoms. The SMILES string of the molecule is Cc1cc(C)c(NC(=O)c2ccc(C#N)cc2F)c(C)c1. The lowest BCUT2D eigenvalue weighted by atomic mass is 10.0. The third kappa shape index (κ3) is 3.09. The van der Waals surface area contributed by atoms with Crippen molar-refractivity contribution in [2.24, 2.45) is 0 Å². The molecule has 106 valence electrons. The van der Waals surface area contributed by atoms with Gasteiger partial charge in [-0.1, -0.05) is 17.7 Å². The van der Waals surface area contributed by atoms with Crippen molar-refractivity contribution >= 4 is 11.6 Å². The van der Waals surface area contributed by atoms with Crippen LogP contribution in [0.4, 0.5) is 10.1 Å². The van der Waals surface area contributed by atoms with Gasteiger partial charge in [0, 0.05) is 5.69 Å². The van der Waals surface area contributed by atoms with E-state index in [2.05, 4.69) is 5.32 Å². The van der Waals surface area contributed by atoms with Crippen molar-refractivity contribution in [2.75, 3.05) is 5.32 Å². The highest BCUT2D eigenvalue weighted by Crippen LogP contribution is 2.23. The van der Waals surface area contributed by atoms with Crippen LogP contribution >= 0.6 is 0 Å². The highest BCUT2D eigenvalue weighted by atomic mass is 19.1. The molecule has 1 N–H and O–H groups in total. The van der Waals surface area contributed by atoms with Crippen molar-refractivity contribution in [2.45, 2.75) is 20.8 Å². The number of hydrogen-bond acceptors (Lipinski definition) is 2. The summed E-state index contributed by atoms with van der Waals surface area (Å²) in [4.78, 5) is 12.2. The van der Waals surface area contributed by atoms with Crippen LogP contribution in [0, 0.1) is 37.9 Å². The van der Waals surface area contributed by atoms with Crippen LogP contribution in [0.1, 0.15) is 32.6 Å². The van der Waals surface area contributed by atoms with Crippen LogP contribution in [0.2, 0.25) is 0 Å². The van der Waals surface area contributed by atoms with Crippen molar-refractivity contribution in [1.29, 1.82) is 5.26 Å². The lowest BCUT2D eigenvalue weighted by Crippen LogP contribution is -2.15. The minimum absolute atomic E-state index is 0.0756. The minimum atomic E-state index is -0.700. The predicted octanol–water partition coefficient (Wildman–Crippen LogP) is 3.87. The third-order valence-electron chi connectivity index (χ3n) is 3.26. The maximum Gasteiger partial charge on any atom is 0.258 e. The van der Waals surface area contributed by atoms with E-state index in [0.717, 1.165) is 22.8 Å². The van der Waals surface area contributed by atoms with E-state index < -0.39 is 11.7 Å². The number of nitriles is 1. The minimum Gasteiger partial charge on any atom is -0.321 e. The molecule has 0 atom stereocenters. The summed E-state index contributed by atoms with van der Waals surface area (Å²) in [5.41, 5.74) is 3.76. The lowest BCUT2D eigenvalue weighted by molar-refractivity contribution is 0.102. The molecule has 2 aromatic carbocycles. The van der Waals surface area contributed by atoms with Gasteiger partial charge in [0.1, 0.15) is 5.82 Å². The number of hydrogen-bond donors (Lipinski definition) is 1. The van der Waals surface area contributed by atoms with Crippen LogP contribution in [-0.4, -0.2) is 5.91 Å². The summed E-state index contributed by atoms with van der Waals surface area (Å²) in [6, 6.07) is 9.55. The van der Waals surface area contributed by atoms with Crippen LogP contribution in [0.15, 0.2) is 30.3 Å². The molecule has 0 saturated carbocycles. The third-order valence-corrected chi connectivity index (χ3v) is 3.26. The molecule has 2 aromatic rings. The van der Waals surface area contributed by atoms with Gasteiger partial charge >= 0.3 is 0 Å². The molecule has 2 rings (SSSR count). The maximum absolute atomic E-state index is 13.8. The molecule has 0 aliphatic heterocycles. The average molecular weight is 282 g/mol. The molecule has 0 aliphatic carbocycles. The zero-order valence-corrected chi connectivity index (χ0v) is 12.1. The Labute approximate surface area is 123 Å². The van der Waals surface area contributed by atoms with Gasteiger partial charge < -0.3 is 5.32 Å². The van der Waals surface area contributed by atoms with Crippen LogP contribution in [0.5, 0.6) is 0 Å². The Bertz CT molecular complexity index is 737. The van der Waals surface area contributed by atoms with E-state index in [1.165, 1.54) is 12.1 Å². The number of carbonyl (C=O) groups excluding carboxylic acids is 1. The molecule has 3 nitrogen and oxygen atoms in total. The van der Waals surface area contributed by atoms with Crippen LogP contribution in [0.25, 0.3) is 0 Å². The zero-order valence-electron chi connectivity index (χ0n) is 12.1. The van der Waals surface area contributed by atoms with Crippen molar-refractivity contribution in [3.8, 4) is 6.07 Å². The second-order valence-corrected chi connectivity index (χ2v) is 5.03. The molecule has 0 unspecified atom stereocenters. The number of halogens is 1. The fourth-order valence-electron chi connectivity index (χ4n) is 2.33. The molecule has 0 fully saturated rings. The van der Waals surface area contributed by atoms with Gasteiger partial charge in [-0.25, -0.2) is 4.39 Å². The number of nitrogens with zero attached hydrogens (tertiary/aromatic N) is 1. The van der Waals surface area contributed by atoms with Crippen molar-refractivity contribution in [3.63, 3.8) is 0 Å². The Morgan fingerprint density at radius 2 is 1.76 bits per heavy atom. The molecule has 21 heavy (non-hydrogen) atoms. The standard InChI is InChI=1S/C17H15FN2O/c1-10-6-11(2)16(12(3)7-10)20-17(21)14-5-4-13(9-19)8-15(14)18/h4-8H,1-3H3,(H,20,21). The van der Waals surface area contributed by atoms with Gasteiger partial charge in [-0.3, -0.25) is 4.79 Å². The highest BCUT2D eigenvalue weighted by Gasteiger charge is 2.14. The fourth-order valence-corrected chi connectivity index (χ4v) is 2.33. The molecule has 0 radical (unpaired) electrons. The van der Waals surface area contributed by atoms with E-state index in [1.807, 2.05) is 39.0 Å². The Morgan fingerprint density at radius 1 is 1.14 bits per heavy atom. The number of anilines is 1. The van der Waals surface area contributed by atoms with E-state index in [-0.39, 0.29) is 11.1 Å². The number of benzene rings is 2. The molecule has 1 amide bonds. The average Bonchev–Trinajstić information content (AvgIpc) is 2.42. The molecule has 0 heterocycles. The van der Waals surface area contributed by atoms with Gasteiger partial charge in [0.25, 0.3) is 5.91 Å². The van der Waals surface area contributed by atoms with Crippen molar-refractivity contribution in [1.82, 2.24) is 0 Å². The van der Waals surface area contributed by atoms with Gasteiger partial charge in [0.05, 0.1) is 17.2 Å². The second-order valence-electron chi connectivity index (χ2n) is 5.03. The highest BCUT2D eigenvalue weighted by molar-refractivity contribution is 6.05. The van der Waals surface area contributed by atoms with Gasteiger partial charge in [-0.2, -0.15) is 5.26 Å². The van der Waals surface area contributed by atoms with E-state index in [9.17, 15) is 9.18 Å². The van der Waals surface area contributed by atoms with Crippen LogP contribution in [0.3, 0.4) is 0 Å². The Balaban J connectivity index is 2.33. The maximum atomic E-state index is 13.8. The van der Waals surface area contributed by atoms with Crippen LogP contribution < -0.4 is 5.32 Å². The first-order valence-corrected chi connectivity index (χ1v) is 6.51. The second kappa shape index (κ2) is 5.76. The summed E-state index contributed by atoms with van der Waals surface area (Å²) < 4.78 is 13.8. The Hall–Kier alpha value is -2.67. The molecular weight excluding hydrogens is 267 g/mol. The molecule has 0 aliphatic rings. The number of amides is 1. The number of rotatable bonds is 2. The van der Waals surface area contributed by atoms with E-state index in [1.54, 1.807) is 0 Å². The smallest absolute Gasteiger partial charge is 0.258 e. The van der Waals surface area contributed by atoms with E-state index in [0.29, 0.717) is 5.69 Å². The summed E-state index contributed by atoms with van der Waals surface area (Å²) >= 11 is 0. The summed E-state index contributed by atoms with van der Waals surface area (Å²) in [7, 11) is 0. The number of aryl methyl sites for hydroxylation is 3. The molecule has 0 aromatic heterocycles. The molecule has 0 bridgehead atoms. The first-order valence-electron chi connectivity index (χ1n) is 6.51. The summed E-state index contributed by atoms with van der Waals surface area (Å²) in [5.74, 6) is -1.22. The van der Waals surface area contributed by atoms with Crippen LogP contribution in [-0.2, 0) is 0 Å². The van der Waals surface area contributed by atoms with E-state index >= 15 is 0 Å². The topological polar surface area (TPSA) is 52.9 Å². The first-order chi connectivity index (χ1) is 9.92. The zero-order chi connectivity index (χ0) is 15.6. The number of nitrogens with one attached hydrogen (secondary N) is 1. The normalized spacial score (nSPS) is 10.0.